The molecule has 3 aromatic rings. The van der Waals surface area contributed by atoms with Crippen molar-refractivity contribution in [3.8, 4) is 0 Å². The van der Waals surface area contributed by atoms with Crippen LogP contribution in [0.4, 0.5) is 10.1 Å². The maximum absolute atomic E-state index is 14.6. The Hall–Kier alpha value is -3.11. The third-order valence-electron chi connectivity index (χ3n) is 4.86. The highest BCUT2D eigenvalue weighted by Gasteiger charge is 2.22. The van der Waals surface area contributed by atoms with Gasteiger partial charge in [0.25, 0.3) is 17.4 Å². The van der Waals surface area contributed by atoms with E-state index in [1.807, 2.05) is 7.05 Å². The van der Waals surface area contributed by atoms with Gasteiger partial charge in [-0.3, -0.25) is 14.4 Å². The van der Waals surface area contributed by atoms with Crippen LogP contribution >= 0.6 is 11.3 Å². The van der Waals surface area contributed by atoms with Gasteiger partial charge in [-0.2, -0.15) is 0 Å². The van der Waals surface area contributed by atoms with Gasteiger partial charge in [0.15, 0.2) is 0 Å². The van der Waals surface area contributed by atoms with Crippen LogP contribution in [-0.4, -0.2) is 64.8 Å². The number of carbonyl (C=O) groups is 2. The van der Waals surface area contributed by atoms with Crippen LogP contribution in [0.5, 0.6) is 0 Å². The molecule has 0 atom stereocenters. The molecule has 1 aromatic carbocycles. The molecule has 10 heteroatoms. The molecule has 4 rings (SSSR count). The highest BCUT2D eigenvalue weighted by atomic mass is 32.1. The standard InChI is InChI=1S/C19H18FN5O3S/c1-24-4-6-25(7-5-24)19(28)11-2-3-14(13(20)8-11)23-17(26)12-9-29-16-15(12)21-10-22-18(16)27/h2-3,8-10H,4-7H2,1H3,(H,23,26)(H,21,22,27). The van der Waals surface area contributed by atoms with E-state index in [1.165, 1.54) is 23.8 Å². The lowest BCUT2D eigenvalue weighted by Gasteiger charge is -2.32. The number of nitrogens with zero attached hydrogens (tertiary/aromatic N) is 3. The number of carbonyl (C=O) groups excluding carboxylic acids is 2. The minimum atomic E-state index is -0.705. The van der Waals surface area contributed by atoms with Crippen LogP contribution in [0.15, 0.2) is 34.7 Å². The monoisotopic (exact) mass is 415 g/mol. The zero-order chi connectivity index (χ0) is 20.5. The largest absolute Gasteiger partial charge is 0.336 e. The second-order valence-electron chi connectivity index (χ2n) is 6.80. The molecular formula is C19H18FN5O3S. The van der Waals surface area contributed by atoms with Gasteiger partial charge in [0.2, 0.25) is 0 Å². The van der Waals surface area contributed by atoms with Gasteiger partial charge in [-0.25, -0.2) is 9.37 Å². The van der Waals surface area contributed by atoms with E-state index in [-0.39, 0.29) is 33.8 Å². The molecule has 0 unspecified atom stereocenters. The minimum Gasteiger partial charge on any atom is -0.336 e. The average Bonchev–Trinajstić information content (AvgIpc) is 3.15. The number of halogens is 1. The van der Waals surface area contributed by atoms with Crippen LogP contribution < -0.4 is 10.9 Å². The Balaban J connectivity index is 1.52. The molecule has 1 aliphatic rings. The number of benzene rings is 1. The number of piperazine rings is 1. The lowest BCUT2D eigenvalue weighted by atomic mass is 10.1. The smallest absolute Gasteiger partial charge is 0.268 e. The third-order valence-corrected chi connectivity index (χ3v) is 5.83. The summed E-state index contributed by atoms with van der Waals surface area (Å²) < 4.78 is 14.9. The van der Waals surface area contributed by atoms with E-state index < -0.39 is 11.7 Å². The Labute approximate surface area is 169 Å². The molecule has 2 N–H and O–H groups in total. The number of amides is 2. The maximum Gasteiger partial charge on any atom is 0.268 e. The summed E-state index contributed by atoms with van der Waals surface area (Å²) in [7, 11) is 1.99. The quantitative estimate of drug-likeness (QED) is 0.679. The summed E-state index contributed by atoms with van der Waals surface area (Å²) in [6.45, 7) is 2.72. The first-order valence-corrected chi connectivity index (χ1v) is 9.85. The highest BCUT2D eigenvalue weighted by molar-refractivity contribution is 7.17. The fourth-order valence-electron chi connectivity index (χ4n) is 3.15. The Morgan fingerprint density at radius 3 is 2.72 bits per heavy atom. The molecule has 1 saturated heterocycles. The van der Waals surface area contributed by atoms with E-state index in [9.17, 15) is 18.8 Å². The number of thiophene rings is 1. The van der Waals surface area contributed by atoms with Crippen LogP contribution in [0, 0.1) is 5.82 Å². The van der Waals surface area contributed by atoms with Gasteiger partial charge in [-0.1, -0.05) is 0 Å². The topological polar surface area (TPSA) is 98.4 Å². The molecule has 2 amide bonds. The van der Waals surface area contributed by atoms with Crippen molar-refractivity contribution in [3.05, 3.63) is 57.2 Å². The Bertz CT molecular complexity index is 1150. The number of H-pyrrole nitrogens is 1. The zero-order valence-corrected chi connectivity index (χ0v) is 16.4. The van der Waals surface area contributed by atoms with Crippen molar-refractivity contribution >= 4 is 39.1 Å². The third kappa shape index (κ3) is 3.76. The van der Waals surface area contributed by atoms with Crippen LogP contribution in [0.25, 0.3) is 10.2 Å². The molecule has 29 heavy (non-hydrogen) atoms. The van der Waals surface area contributed by atoms with Crippen molar-refractivity contribution in [2.45, 2.75) is 0 Å². The molecule has 2 aromatic heterocycles. The molecule has 0 bridgehead atoms. The first kappa shape index (κ1) is 19.2. The van der Waals surface area contributed by atoms with Crippen molar-refractivity contribution in [2.24, 2.45) is 0 Å². The first-order chi connectivity index (χ1) is 13.9. The number of hydrogen-bond acceptors (Lipinski definition) is 6. The van der Waals surface area contributed by atoms with Crippen molar-refractivity contribution in [1.29, 1.82) is 0 Å². The summed E-state index contributed by atoms with van der Waals surface area (Å²) in [5, 5.41) is 3.99. The molecule has 0 radical (unpaired) electrons. The van der Waals surface area contributed by atoms with Crippen LogP contribution in [-0.2, 0) is 0 Å². The van der Waals surface area contributed by atoms with Crippen molar-refractivity contribution in [3.63, 3.8) is 0 Å². The maximum atomic E-state index is 14.6. The van der Waals surface area contributed by atoms with E-state index in [0.29, 0.717) is 17.8 Å². The number of hydrogen-bond donors (Lipinski definition) is 2. The lowest BCUT2D eigenvalue weighted by molar-refractivity contribution is 0.0663. The molecule has 1 fully saturated rings. The van der Waals surface area contributed by atoms with Gasteiger partial charge >= 0.3 is 0 Å². The van der Waals surface area contributed by atoms with Crippen LogP contribution in [0.3, 0.4) is 0 Å². The molecule has 1 aliphatic heterocycles. The van der Waals surface area contributed by atoms with Crippen LogP contribution in [0.1, 0.15) is 20.7 Å². The van der Waals surface area contributed by atoms with E-state index in [0.717, 1.165) is 30.5 Å². The minimum absolute atomic E-state index is 0.0471. The summed E-state index contributed by atoms with van der Waals surface area (Å²) in [6.07, 6.45) is 1.22. The molecule has 3 heterocycles. The molecule has 0 saturated carbocycles. The van der Waals surface area contributed by atoms with E-state index in [1.54, 1.807) is 4.90 Å². The Kier molecular flexibility index (Phi) is 5.12. The SMILES string of the molecule is CN1CCN(C(=O)c2ccc(NC(=O)c3csc4c(=O)[nH]cnc34)c(F)c2)CC1. The van der Waals surface area contributed by atoms with Gasteiger partial charge in [0.05, 0.1) is 17.6 Å². The number of nitrogens with one attached hydrogen (secondary N) is 2. The van der Waals surface area contributed by atoms with Crippen molar-refractivity contribution in [1.82, 2.24) is 19.8 Å². The van der Waals surface area contributed by atoms with Gasteiger partial charge in [0.1, 0.15) is 16.0 Å². The highest BCUT2D eigenvalue weighted by Crippen LogP contribution is 2.23. The van der Waals surface area contributed by atoms with Crippen molar-refractivity contribution < 1.29 is 14.0 Å². The van der Waals surface area contributed by atoms with Gasteiger partial charge in [-0.05, 0) is 25.2 Å². The van der Waals surface area contributed by atoms with E-state index in [2.05, 4.69) is 20.2 Å². The lowest BCUT2D eigenvalue weighted by Crippen LogP contribution is -2.47. The number of anilines is 1. The van der Waals surface area contributed by atoms with Gasteiger partial charge < -0.3 is 20.1 Å². The fourth-order valence-corrected chi connectivity index (χ4v) is 4.05. The van der Waals surface area contributed by atoms with E-state index >= 15 is 0 Å². The molecular weight excluding hydrogens is 397 g/mol. The zero-order valence-electron chi connectivity index (χ0n) is 15.6. The number of aromatic nitrogens is 2. The summed E-state index contributed by atoms with van der Waals surface area (Å²) >= 11 is 1.09. The summed E-state index contributed by atoms with van der Waals surface area (Å²) in [6, 6.07) is 3.99. The molecule has 0 spiro atoms. The number of rotatable bonds is 3. The Morgan fingerprint density at radius 1 is 1.24 bits per heavy atom. The van der Waals surface area contributed by atoms with Crippen molar-refractivity contribution in [2.75, 3.05) is 38.5 Å². The number of likely N-dealkylation sites (N-methyl/N-ethyl adjacent to an activating group) is 1. The number of fused-ring (bicyclic) bond motifs is 1. The molecule has 8 nitrogen and oxygen atoms in total. The normalized spacial score (nSPS) is 14.9. The molecule has 0 aliphatic carbocycles. The summed E-state index contributed by atoms with van der Waals surface area (Å²) in [5.41, 5.74) is 0.303. The Morgan fingerprint density at radius 2 is 2.00 bits per heavy atom. The van der Waals surface area contributed by atoms with Gasteiger partial charge in [-0.15, -0.1) is 11.3 Å². The molecule has 150 valence electrons. The van der Waals surface area contributed by atoms with Crippen LogP contribution in [0.2, 0.25) is 0 Å². The first-order valence-electron chi connectivity index (χ1n) is 8.97. The second kappa shape index (κ2) is 7.72. The average molecular weight is 415 g/mol. The predicted molar refractivity (Wildman–Crippen MR) is 108 cm³/mol. The summed E-state index contributed by atoms with van der Waals surface area (Å²) in [4.78, 5) is 47.2. The predicted octanol–water partition coefficient (Wildman–Crippen LogP) is 1.76. The fraction of sp³-hybridized carbons (Fsp3) is 0.263. The number of aromatic amines is 1. The van der Waals surface area contributed by atoms with Gasteiger partial charge in [0, 0.05) is 37.1 Å². The van der Waals surface area contributed by atoms with E-state index in [4.69, 9.17) is 0 Å². The second-order valence-corrected chi connectivity index (χ2v) is 7.68. The summed E-state index contributed by atoms with van der Waals surface area (Å²) in [5.74, 6) is -1.52.